The van der Waals surface area contributed by atoms with Crippen molar-refractivity contribution in [3.63, 3.8) is 0 Å². The predicted octanol–water partition coefficient (Wildman–Crippen LogP) is 3.93. The highest BCUT2D eigenvalue weighted by atomic mass is 79.9. The molecule has 0 saturated heterocycles. The van der Waals surface area contributed by atoms with E-state index in [1.54, 1.807) is 0 Å². The van der Waals surface area contributed by atoms with E-state index < -0.39 is 0 Å². The molecule has 0 aliphatic heterocycles. The second kappa shape index (κ2) is 5.56. The van der Waals surface area contributed by atoms with E-state index in [9.17, 15) is 0 Å². The van der Waals surface area contributed by atoms with Crippen molar-refractivity contribution in [3.8, 4) is 0 Å². The summed E-state index contributed by atoms with van der Waals surface area (Å²) in [6.45, 7) is 3.63. The highest BCUT2D eigenvalue weighted by molar-refractivity contribution is 9.10. The van der Waals surface area contributed by atoms with E-state index in [0.717, 1.165) is 27.4 Å². The van der Waals surface area contributed by atoms with Crippen LogP contribution in [0.25, 0.3) is 0 Å². The molecule has 2 rings (SSSR count). The molecule has 1 N–H and O–H groups in total. The van der Waals surface area contributed by atoms with Crippen LogP contribution in [-0.4, -0.2) is 9.78 Å². The van der Waals surface area contributed by atoms with Crippen LogP contribution >= 0.6 is 27.5 Å². The summed E-state index contributed by atoms with van der Waals surface area (Å²) < 4.78 is 2.93. The number of aromatic nitrogens is 2. The monoisotopic (exact) mass is 313 g/mol. The Morgan fingerprint density at radius 1 is 1.41 bits per heavy atom. The third-order valence-electron chi connectivity index (χ3n) is 2.43. The van der Waals surface area contributed by atoms with Crippen LogP contribution in [0.4, 0.5) is 5.82 Å². The second-order valence-corrected chi connectivity index (χ2v) is 4.94. The van der Waals surface area contributed by atoms with Gasteiger partial charge in [-0.1, -0.05) is 27.5 Å². The SMILES string of the molecule is CCn1ccc(NCc2cc(Cl)ccc2Br)n1. The van der Waals surface area contributed by atoms with Gasteiger partial charge in [0.05, 0.1) is 0 Å². The van der Waals surface area contributed by atoms with E-state index in [-0.39, 0.29) is 0 Å². The summed E-state index contributed by atoms with van der Waals surface area (Å²) in [5.41, 5.74) is 1.11. The number of hydrogen-bond donors (Lipinski definition) is 1. The van der Waals surface area contributed by atoms with Crippen LogP contribution < -0.4 is 5.32 Å². The Labute approximate surface area is 114 Å². The molecule has 0 radical (unpaired) electrons. The van der Waals surface area contributed by atoms with Crippen LogP contribution in [-0.2, 0) is 13.1 Å². The van der Waals surface area contributed by atoms with Gasteiger partial charge in [-0.05, 0) is 30.7 Å². The Kier molecular flexibility index (Phi) is 4.07. The summed E-state index contributed by atoms with van der Waals surface area (Å²) >= 11 is 9.46. The van der Waals surface area contributed by atoms with Gasteiger partial charge in [-0.3, -0.25) is 4.68 Å². The standard InChI is InChI=1S/C12H13BrClN3/c1-2-17-6-5-12(16-17)15-8-9-7-10(14)3-4-11(9)13/h3-7H,2,8H2,1H3,(H,15,16). The number of nitrogens with one attached hydrogen (secondary N) is 1. The number of halogens is 2. The van der Waals surface area contributed by atoms with Crippen LogP contribution in [0.1, 0.15) is 12.5 Å². The molecule has 1 aromatic heterocycles. The van der Waals surface area contributed by atoms with E-state index in [4.69, 9.17) is 11.6 Å². The largest absolute Gasteiger partial charge is 0.364 e. The molecule has 0 aliphatic rings. The van der Waals surface area contributed by atoms with Crippen LogP contribution in [0.15, 0.2) is 34.9 Å². The average molecular weight is 315 g/mol. The van der Waals surface area contributed by atoms with Crippen molar-refractivity contribution in [3.05, 3.63) is 45.5 Å². The van der Waals surface area contributed by atoms with Crippen LogP contribution in [0.2, 0.25) is 5.02 Å². The molecule has 2 aromatic rings. The molecule has 0 bridgehead atoms. The van der Waals surface area contributed by atoms with Gasteiger partial charge in [-0.2, -0.15) is 5.10 Å². The number of anilines is 1. The quantitative estimate of drug-likeness (QED) is 0.926. The second-order valence-electron chi connectivity index (χ2n) is 3.65. The van der Waals surface area contributed by atoms with E-state index >= 15 is 0 Å². The van der Waals surface area contributed by atoms with Gasteiger partial charge in [0.1, 0.15) is 5.82 Å². The molecule has 0 aliphatic carbocycles. The van der Waals surface area contributed by atoms with E-state index in [0.29, 0.717) is 6.54 Å². The fourth-order valence-electron chi connectivity index (χ4n) is 1.50. The van der Waals surface area contributed by atoms with Gasteiger partial charge in [0.2, 0.25) is 0 Å². The third-order valence-corrected chi connectivity index (χ3v) is 3.44. The molecule has 90 valence electrons. The lowest BCUT2D eigenvalue weighted by Gasteiger charge is -2.06. The topological polar surface area (TPSA) is 29.9 Å². The fourth-order valence-corrected chi connectivity index (χ4v) is 2.08. The molecular formula is C12H13BrClN3. The summed E-state index contributed by atoms with van der Waals surface area (Å²) in [5, 5.41) is 8.36. The molecular weight excluding hydrogens is 302 g/mol. The minimum Gasteiger partial charge on any atom is -0.364 e. The number of hydrogen-bond acceptors (Lipinski definition) is 2. The van der Waals surface area contributed by atoms with Crippen LogP contribution in [0, 0.1) is 0 Å². The molecule has 0 fully saturated rings. The lowest BCUT2D eigenvalue weighted by Crippen LogP contribution is -2.02. The van der Waals surface area contributed by atoms with Gasteiger partial charge in [0.25, 0.3) is 0 Å². The van der Waals surface area contributed by atoms with Crippen molar-refractivity contribution in [1.29, 1.82) is 0 Å². The number of nitrogens with zero attached hydrogens (tertiary/aromatic N) is 2. The van der Waals surface area contributed by atoms with E-state index in [1.165, 1.54) is 0 Å². The number of rotatable bonds is 4. The van der Waals surface area contributed by atoms with Crippen molar-refractivity contribution >= 4 is 33.3 Å². The molecule has 17 heavy (non-hydrogen) atoms. The maximum Gasteiger partial charge on any atom is 0.148 e. The summed E-state index contributed by atoms with van der Waals surface area (Å²) in [5.74, 6) is 0.874. The van der Waals surface area contributed by atoms with E-state index in [1.807, 2.05) is 35.1 Å². The normalized spacial score (nSPS) is 10.5. The van der Waals surface area contributed by atoms with Gasteiger partial charge >= 0.3 is 0 Å². The Morgan fingerprint density at radius 2 is 2.24 bits per heavy atom. The van der Waals surface area contributed by atoms with E-state index in [2.05, 4.69) is 33.3 Å². The molecule has 1 heterocycles. The van der Waals surface area contributed by atoms with Crippen LogP contribution in [0.5, 0.6) is 0 Å². The first-order chi connectivity index (χ1) is 8.19. The van der Waals surface area contributed by atoms with Crippen molar-refractivity contribution in [2.75, 3.05) is 5.32 Å². The molecule has 0 amide bonds. The zero-order valence-corrected chi connectivity index (χ0v) is 11.8. The number of aryl methyl sites for hydroxylation is 1. The highest BCUT2D eigenvalue weighted by Crippen LogP contribution is 2.21. The van der Waals surface area contributed by atoms with Crippen molar-refractivity contribution < 1.29 is 0 Å². The first-order valence-corrected chi connectivity index (χ1v) is 6.57. The summed E-state index contributed by atoms with van der Waals surface area (Å²) in [4.78, 5) is 0. The lowest BCUT2D eigenvalue weighted by atomic mass is 10.2. The minimum absolute atomic E-state index is 0.696. The van der Waals surface area contributed by atoms with Crippen molar-refractivity contribution in [2.24, 2.45) is 0 Å². The number of benzene rings is 1. The predicted molar refractivity (Wildman–Crippen MR) is 74.4 cm³/mol. The average Bonchev–Trinajstić information content (AvgIpc) is 2.78. The van der Waals surface area contributed by atoms with Gasteiger partial charge in [-0.25, -0.2) is 0 Å². The maximum absolute atomic E-state index is 5.96. The third kappa shape index (κ3) is 3.23. The Hall–Kier alpha value is -1.000. The summed E-state index contributed by atoms with van der Waals surface area (Å²) in [6, 6.07) is 7.71. The van der Waals surface area contributed by atoms with Gasteiger partial charge < -0.3 is 5.32 Å². The molecule has 0 saturated carbocycles. The molecule has 0 spiro atoms. The first kappa shape index (κ1) is 12.5. The Bertz CT molecular complexity index is 510. The Balaban J connectivity index is 2.04. The Morgan fingerprint density at radius 3 is 2.94 bits per heavy atom. The molecule has 0 atom stereocenters. The van der Waals surface area contributed by atoms with Crippen molar-refractivity contribution in [2.45, 2.75) is 20.0 Å². The van der Waals surface area contributed by atoms with Crippen molar-refractivity contribution in [1.82, 2.24) is 9.78 Å². The zero-order valence-electron chi connectivity index (χ0n) is 9.45. The first-order valence-electron chi connectivity index (χ1n) is 5.40. The van der Waals surface area contributed by atoms with Gasteiger partial charge in [-0.15, -0.1) is 0 Å². The summed E-state index contributed by atoms with van der Waals surface area (Å²) in [7, 11) is 0. The molecule has 0 unspecified atom stereocenters. The zero-order chi connectivity index (χ0) is 12.3. The van der Waals surface area contributed by atoms with Crippen LogP contribution in [0.3, 0.4) is 0 Å². The lowest BCUT2D eigenvalue weighted by molar-refractivity contribution is 0.661. The maximum atomic E-state index is 5.96. The summed E-state index contributed by atoms with van der Waals surface area (Å²) in [6.07, 6.45) is 1.95. The fraction of sp³-hybridized carbons (Fsp3) is 0.250. The molecule has 3 nitrogen and oxygen atoms in total. The molecule has 1 aromatic carbocycles. The smallest absolute Gasteiger partial charge is 0.148 e. The molecule has 5 heteroatoms. The van der Waals surface area contributed by atoms with Gasteiger partial charge in [0, 0.05) is 34.8 Å². The minimum atomic E-state index is 0.696. The van der Waals surface area contributed by atoms with Gasteiger partial charge in [0.15, 0.2) is 0 Å². The highest BCUT2D eigenvalue weighted by Gasteiger charge is 2.02.